The van der Waals surface area contributed by atoms with E-state index < -0.39 is 11.6 Å². The van der Waals surface area contributed by atoms with Crippen LogP contribution in [0.5, 0.6) is 0 Å². The molecule has 0 aromatic heterocycles. The monoisotopic (exact) mass is 190 g/mol. The third-order valence-electron chi connectivity index (χ3n) is 1.37. The molecule has 0 rings (SSSR count). The van der Waals surface area contributed by atoms with Crippen LogP contribution in [0.3, 0.4) is 0 Å². The molecule has 4 heteroatoms. The van der Waals surface area contributed by atoms with Crippen molar-refractivity contribution in [2.24, 2.45) is 0 Å². The third-order valence-corrected chi connectivity index (χ3v) is 1.37. The molecular formula is C9H18O4. The van der Waals surface area contributed by atoms with E-state index >= 15 is 0 Å². The zero-order valence-corrected chi connectivity index (χ0v) is 8.50. The van der Waals surface area contributed by atoms with Crippen LogP contribution in [0.1, 0.15) is 27.2 Å². The second-order valence-electron chi connectivity index (χ2n) is 3.49. The first-order chi connectivity index (χ1) is 5.98. The molecule has 0 aliphatic heterocycles. The van der Waals surface area contributed by atoms with Crippen molar-refractivity contribution in [1.82, 2.24) is 0 Å². The molecule has 0 unspecified atom stereocenters. The highest BCUT2D eigenvalue weighted by Crippen LogP contribution is 2.09. The van der Waals surface area contributed by atoms with Crippen LogP contribution >= 0.6 is 0 Å². The van der Waals surface area contributed by atoms with Crippen molar-refractivity contribution in [3.8, 4) is 0 Å². The Bertz CT molecular complexity index is 154. The maximum atomic E-state index is 10.1. The Morgan fingerprint density at radius 1 is 1.46 bits per heavy atom. The molecule has 0 bridgehead atoms. The minimum Gasteiger partial charge on any atom is -0.480 e. The first-order valence-corrected chi connectivity index (χ1v) is 4.41. The summed E-state index contributed by atoms with van der Waals surface area (Å²) in [4.78, 5) is 10.1. The van der Waals surface area contributed by atoms with Crippen LogP contribution in [0.25, 0.3) is 0 Å². The van der Waals surface area contributed by atoms with Crippen molar-refractivity contribution in [2.75, 3.05) is 19.8 Å². The normalized spacial score (nSPS) is 11.6. The average molecular weight is 190 g/mol. The van der Waals surface area contributed by atoms with Gasteiger partial charge >= 0.3 is 5.97 Å². The number of carbonyl (C=O) groups is 1. The van der Waals surface area contributed by atoms with E-state index in [1.807, 2.05) is 20.8 Å². The van der Waals surface area contributed by atoms with Crippen LogP contribution in [-0.2, 0) is 14.3 Å². The van der Waals surface area contributed by atoms with Gasteiger partial charge < -0.3 is 14.6 Å². The summed E-state index contributed by atoms with van der Waals surface area (Å²) in [6.45, 7) is 6.49. The summed E-state index contributed by atoms with van der Waals surface area (Å²) in [6, 6.07) is 0. The second kappa shape index (κ2) is 5.94. The molecule has 0 amide bonds. The SMILES string of the molecule is CCCOC(C)(C)COCC(=O)O. The van der Waals surface area contributed by atoms with E-state index in [4.69, 9.17) is 14.6 Å². The Morgan fingerprint density at radius 2 is 2.08 bits per heavy atom. The molecule has 0 aromatic carbocycles. The predicted octanol–water partition coefficient (Wildman–Crippen LogP) is 1.29. The molecular weight excluding hydrogens is 172 g/mol. The Kier molecular flexibility index (Phi) is 5.66. The molecule has 0 aliphatic rings. The molecule has 0 radical (unpaired) electrons. The van der Waals surface area contributed by atoms with E-state index in [1.165, 1.54) is 0 Å². The van der Waals surface area contributed by atoms with Crippen LogP contribution in [-0.4, -0.2) is 36.5 Å². The lowest BCUT2D eigenvalue weighted by Gasteiger charge is -2.24. The standard InChI is InChI=1S/C9H18O4/c1-4-5-13-9(2,3)7-12-6-8(10)11/h4-7H2,1-3H3,(H,10,11). The topological polar surface area (TPSA) is 55.8 Å². The number of ether oxygens (including phenoxy) is 2. The Hall–Kier alpha value is -0.610. The van der Waals surface area contributed by atoms with Gasteiger partial charge in [0.1, 0.15) is 6.61 Å². The lowest BCUT2D eigenvalue weighted by molar-refractivity contribution is -0.146. The van der Waals surface area contributed by atoms with E-state index in [0.29, 0.717) is 13.2 Å². The minimum absolute atomic E-state index is 0.265. The van der Waals surface area contributed by atoms with Crippen molar-refractivity contribution >= 4 is 5.97 Å². The van der Waals surface area contributed by atoms with Gasteiger partial charge in [0, 0.05) is 6.61 Å². The molecule has 13 heavy (non-hydrogen) atoms. The molecule has 0 fully saturated rings. The molecule has 0 aliphatic carbocycles. The van der Waals surface area contributed by atoms with Crippen molar-refractivity contribution in [1.29, 1.82) is 0 Å². The maximum absolute atomic E-state index is 10.1. The summed E-state index contributed by atoms with van der Waals surface area (Å²) in [6.07, 6.45) is 0.947. The Labute approximate surface area is 78.8 Å². The summed E-state index contributed by atoms with van der Waals surface area (Å²) in [5.74, 6) is -0.953. The predicted molar refractivity (Wildman–Crippen MR) is 48.8 cm³/mol. The van der Waals surface area contributed by atoms with Crippen LogP contribution in [0.15, 0.2) is 0 Å². The van der Waals surface area contributed by atoms with Gasteiger partial charge in [0.05, 0.1) is 12.2 Å². The van der Waals surface area contributed by atoms with Gasteiger partial charge in [0.25, 0.3) is 0 Å². The molecule has 0 heterocycles. The van der Waals surface area contributed by atoms with Crippen molar-refractivity contribution < 1.29 is 19.4 Å². The van der Waals surface area contributed by atoms with Gasteiger partial charge in [-0.3, -0.25) is 0 Å². The summed E-state index contributed by atoms with van der Waals surface area (Å²) in [5.41, 5.74) is -0.397. The van der Waals surface area contributed by atoms with Gasteiger partial charge in [-0.25, -0.2) is 4.79 Å². The molecule has 0 atom stereocenters. The summed E-state index contributed by atoms with van der Waals surface area (Å²) in [7, 11) is 0. The lowest BCUT2D eigenvalue weighted by atomic mass is 10.1. The first kappa shape index (κ1) is 12.4. The van der Waals surface area contributed by atoms with E-state index in [2.05, 4.69) is 0 Å². The fourth-order valence-electron chi connectivity index (χ4n) is 0.804. The lowest BCUT2D eigenvalue weighted by Crippen LogP contribution is -2.32. The van der Waals surface area contributed by atoms with E-state index in [0.717, 1.165) is 6.42 Å². The molecule has 78 valence electrons. The minimum atomic E-state index is -0.953. The number of hydrogen-bond donors (Lipinski definition) is 1. The smallest absolute Gasteiger partial charge is 0.329 e. The van der Waals surface area contributed by atoms with Gasteiger partial charge in [-0.1, -0.05) is 6.92 Å². The quantitative estimate of drug-likeness (QED) is 0.657. The number of carboxylic acid groups (broad SMARTS) is 1. The summed E-state index contributed by atoms with van der Waals surface area (Å²) < 4.78 is 10.4. The van der Waals surface area contributed by atoms with Gasteiger partial charge in [0.15, 0.2) is 0 Å². The third kappa shape index (κ3) is 7.74. The molecule has 4 nitrogen and oxygen atoms in total. The van der Waals surface area contributed by atoms with E-state index in [9.17, 15) is 4.79 Å². The first-order valence-electron chi connectivity index (χ1n) is 4.41. The second-order valence-corrected chi connectivity index (χ2v) is 3.49. The molecule has 0 saturated carbocycles. The van der Waals surface area contributed by atoms with Gasteiger partial charge in [-0.05, 0) is 20.3 Å². The fourth-order valence-corrected chi connectivity index (χ4v) is 0.804. The van der Waals surface area contributed by atoms with Crippen molar-refractivity contribution in [2.45, 2.75) is 32.8 Å². The number of aliphatic carboxylic acids is 1. The van der Waals surface area contributed by atoms with Crippen molar-refractivity contribution in [3.63, 3.8) is 0 Å². The highest BCUT2D eigenvalue weighted by atomic mass is 16.5. The zero-order valence-electron chi connectivity index (χ0n) is 8.50. The van der Waals surface area contributed by atoms with Crippen molar-refractivity contribution in [3.05, 3.63) is 0 Å². The van der Waals surface area contributed by atoms with E-state index in [1.54, 1.807) is 0 Å². The van der Waals surface area contributed by atoms with Crippen LogP contribution in [0, 0.1) is 0 Å². The highest BCUT2D eigenvalue weighted by Gasteiger charge is 2.18. The largest absolute Gasteiger partial charge is 0.480 e. The Balaban J connectivity index is 3.56. The zero-order chi connectivity index (χ0) is 10.3. The molecule has 1 N–H and O–H groups in total. The molecule has 0 aromatic rings. The average Bonchev–Trinajstić information content (AvgIpc) is 2.00. The summed E-state index contributed by atoms with van der Waals surface area (Å²) in [5, 5.41) is 8.32. The van der Waals surface area contributed by atoms with Gasteiger partial charge in [0.2, 0.25) is 0 Å². The fraction of sp³-hybridized carbons (Fsp3) is 0.889. The van der Waals surface area contributed by atoms with Gasteiger partial charge in [-0.2, -0.15) is 0 Å². The number of hydrogen-bond acceptors (Lipinski definition) is 3. The van der Waals surface area contributed by atoms with Crippen LogP contribution in [0.2, 0.25) is 0 Å². The highest BCUT2D eigenvalue weighted by molar-refractivity contribution is 5.67. The summed E-state index contributed by atoms with van der Waals surface area (Å²) >= 11 is 0. The molecule has 0 saturated heterocycles. The van der Waals surface area contributed by atoms with Gasteiger partial charge in [-0.15, -0.1) is 0 Å². The van der Waals surface area contributed by atoms with E-state index in [-0.39, 0.29) is 6.61 Å². The van der Waals surface area contributed by atoms with Crippen LogP contribution < -0.4 is 0 Å². The Morgan fingerprint density at radius 3 is 2.54 bits per heavy atom. The number of carboxylic acids is 1. The number of rotatable bonds is 7. The van der Waals surface area contributed by atoms with Crippen LogP contribution in [0.4, 0.5) is 0 Å². The molecule has 0 spiro atoms. The maximum Gasteiger partial charge on any atom is 0.329 e.